The van der Waals surface area contributed by atoms with Crippen molar-refractivity contribution in [3.8, 4) is 17.2 Å². The van der Waals surface area contributed by atoms with E-state index in [1.165, 1.54) is 11.1 Å². The Balaban J connectivity index is 1.39. The minimum Gasteiger partial charge on any atom is -0.493 e. The van der Waals surface area contributed by atoms with Gasteiger partial charge in [-0.05, 0) is 142 Å². The summed E-state index contributed by atoms with van der Waals surface area (Å²) in [5.74, 6) is 1.90. The van der Waals surface area contributed by atoms with Gasteiger partial charge in [0.15, 0.2) is 28.1 Å². The molecule has 2 atom stereocenters. The molecule has 0 amide bonds. The molecular formula is C41H62O6Si3. The van der Waals surface area contributed by atoms with Gasteiger partial charge in [0.1, 0.15) is 5.75 Å². The molecule has 3 aromatic carbocycles. The van der Waals surface area contributed by atoms with Gasteiger partial charge in [0.05, 0.1) is 7.11 Å². The number of carbonyl (C=O) groups is 1. The molecule has 1 saturated carbocycles. The molecule has 0 heterocycles. The number of benzene rings is 3. The summed E-state index contributed by atoms with van der Waals surface area (Å²) in [7, 11) is -4.18. The lowest BCUT2D eigenvalue weighted by atomic mass is 9.55. The molecule has 6 nitrogen and oxygen atoms in total. The van der Waals surface area contributed by atoms with E-state index in [2.05, 4.69) is 109 Å². The zero-order valence-electron chi connectivity index (χ0n) is 32.8. The van der Waals surface area contributed by atoms with E-state index < -0.39 is 31.4 Å². The van der Waals surface area contributed by atoms with Crippen molar-refractivity contribution in [2.75, 3.05) is 7.11 Å². The molecule has 2 unspecified atom stereocenters. The van der Waals surface area contributed by atoms with Crippen molar-refractivity contribution in [3.63, 3.8) is 0 Å². The number of hydrogen-bond acceptors (Lipinski definition) is 6. The predicted octanol–water partition coefficient (Wildman–Crippen LogP) is 11.8. The Labute approximate surface area is 305 Å². The SMILES string of the molecule is CC[Si](C)(C)O[Si](C)(C)O[Si](C)(C)CCCc1ccc(OC(=O)Oc2ccc(C3(c4ccccc4)CCC(C)(C)C(C)C3)cc2C)c(OC)c1. The van der Waals surface area contributed by atoms with E-state index in [0.717, 1.165) is 55.3 Å². The van der Waals surface area contributed by atoms with Crippen molar-refractivity contribution in [3.05, 3.63) is 89.0 Å². The highest BCUT2D eigenvalue weighted by Gasteiger charge is 2.45. The molecule has 0 radical (unpaired) electrons. The summed E-state index contributed by atoms with van der Waals surface area (Å²) in [6.45, 7) is 24.9. The fraction of sp³-hybridized carbons (Fsp3) is 0.537. The van der Waals surface area contributed by atoms with Gasteiger partial charge in [-0.15, -0.1) is 0 Å². The maximum Gasteiger partial charge on any atom is 0.519 e. The molecule has 9 heteroatoms. The van der Waals surface area contributed by atoms with Crippen molar-refractivity contribution < 1.29 is 27.2 Å². The second-order valence-electron chi connectivity index (χ2n) is 16.8. The van der Waals surface area contributed by atoms with E-state index in [1.807, 2.05) is 25.1 Å². The summed E-state index contributed by atoms with van der Waals surface area (Å²) in [4.78, 5) is 13.1. The number of aryl methyl sites for hydroxylation is 2. The highest BCUT2D eigenvalue weighted by molar-refractivity contribution is 6.87. The van der Waals surface area contributed by atoms with Crippen LogP contribution in [0.2, 0.25) is 51.4 Å². The number of ether oxygens (including phenoxy) is 3. The van der Waals surface area contributed by atoms with Gasteiger partial charge >= 0.3 is 14.7 Å². The van der Waals surface area contributed by atoms with Gasteiger partial charge in [-0.1, -0.05) is 76.2 Å². The molecule has 0 aliphatic heterocycles. The van der Waals surface area contributed by atoms with Gasteiger partial charge in [-0.25, -0.2) is 4.79 Å². The predicted molar refractivity (Wildman–Crippen MR) is 213 cm³/mol. The van der Waals surface area contributed by atoms with Crippen LogP contribution in [0.1, 0.15) is 75.6 Å². The monoisotopic (exact) mass is 734 g/mol. The first-order valence-corrected chi connectivity index (χ1v) is 27.5. The highest BCUT2D eigenvalue weighted by Crippen LogP contribution is 2.53. The van der Waals surface area contributed by atoms with Crippen LogP contribution in [0.3, 0.4) is 0 Å². The standard InChI is InChI=1S/C41H62O6Si3/c1-13-48(7,8)46-50(11,12)47-49(9,10)27-17-18-33-21-23-37(38(29-33)43-6)45-39(42)44-36-24-22-35(28-31(36)2)41(34-19-15-14-16-20-34)26-25-40(4,5)32(3)30-41/h14-16,19-24,28-29,32H,13,17-18,25-27,30H2,1-12H3. The van der Waals surface area contributed by atoms with Crippen molar-refractivity contribution >= 4 is 31.4 Å². The Hall–Kier alpha value is -2.70. The summed E-state index contributed by atoms with van der Waals surface area (Å²) in [6.07, 6.45) is 4.39. The van der Waals surface area contributed by atoms with Crippen LogP contribution in [0.4, 0.5) is 4.79 Å². The van der Waals surface area contributed by atoms with Gasteiger partial charge in [-0.2, -0.15) is 0 Å². The molecule has 0 saturated heterocycles. The first-order valence-electron chi connectivity index (χ1n) is 18.4. The van der Waals surface area contributed by atoms with Crippen LogP contribution in [0, 0.1) is 18.3 Å². The van der Waals surface area contributed by atoms with E-state index in [4.69, 9.17) is 22.4 Å². The molecule has 0 bridgehead atoms. The molecule has 4 rings (SSSR count). The third kappa shape index (κ3) is 10.2. The van der Waals surface area contributed by atoms with Crippen LogP contribution in [0.5, 0.6) is 17.2 Å². The van der Waals surface area contributed by atoms with Crippen LogP contribution in [0.15, 0.2) is 66.7 Å². The lowest BCUT2D eigenvalue weighted by Crippen LogP contribution is -2.52. The van der Waals surface area contributed by atoms with Crippen LogP contribution < -0.4 is 14.2 Å². The van der Waals surface area contributed by atoms with E-state index in [-0.39, 0.29) is 5.41 Å². The summed E-state index contributed by atoms with van der Waals surface area (Å²) in [5, 5.41) is 0. The molecule has 0 aromatic heterocycles. The van der Waals surface area contributed by atoms with Crippen LogP contribution >= 0.6 is 0 Å². The van der Waals surface area contributed by atoms with Crippen molar-refractivity contribution in [2.45, 2.75) is 124 Å². The number of carbonyl (C=O) groups excluding carboxylic acids is 1. The van der Waals surface area contributed by atoms with Gasteiger partial charge in [0, 0.05) is 5.41 Å². The number of methoxy groups -OCH3 is 1. The topological polar surface area (TPSA) is 63.2 Å². The van der Waals surface area contributed by atoms with Crippen LogP contribution in [-0.2, 0) is 20.1 Å². The second-order valence-corrected chi connectivity index (χ2v) is 29.5. The van der Waals surface area contributed by atoms with Gasteiger partial charge < -0.3 is 22.4 Å². The molecule has 3 aromatic rings. The largest absolute Gasteiger partial charge is 0.519 e. The molecule has 0 N–H and O–H groups in total. The Morgan fingerprint density at radius 3 is 2.06 bits per heavy atom. The maximum absolute atomic E-state index is 13.1. The number of hydrogen-bond donors (Lipinski definition) is 0. The fourth-order valence-corrected chi connectivity index (χ4v) is 20.7. The molecule has 0 spiro atoms. The molecule has 1 fully saturated rings. The Morgan fingerprint density at radius 2 is 1.44 bits per heavy atom. The zero-order valence-corrected chi connectivity index (χ0v) is 35.8. The summed E-state index contributed by atoms with van der Waals surface area (Å²) < 4.78 is 30.4. The maximum atomic E-state index is 13.1. The van der Waals surface area contributed by atoms with Crippen molar-refractivity contribution in [1.29, 1.82) is 0 Å². The Kier molecular flexibility index (Phi) is 12.7. The molecule has 1 aliphatic rings. The first kappa shape index (κ1) is 40.1. The molecular weight excluding hydrogens is 673 g/mol. The summed E-state index contributed by atoms with van der Waals surface area (Å²) in [6, 6.07) is 25.0. The molecule has 1 aliphatic carbocycles. The highest BCUT2D eigenvalue weighted by atomic mass is 28.5. The Bertz CT molecular complexity index is 1600. The third-order valence-electron chi connectivity index (χ3n) is 11.0. The quantitative estimate of drug-likeness (QED) is 0.0933. The van der Waals surface area contributed by atoms with Gasteiger partial charge in [-0.3, -0.25) is 0 Å². The van der Waals surface area contributed by atoms with Gasteiger partial charge in [0.25, 0.3) is 0 Å². The smallest absolute Gasteiger partial charge is 0.493 e. The van der Waals surface area contributed by atoms with Crippen molar-refractivity contribution in [2.24, 2.45) is 11.3 Å². The zero-order chi connectivity index (χ0) is 37.0. The number of rotatable bonds is 14. The molecule has 50 heavy (non-hydrogen) atoms. The molecule has 274 valence electrons. The third-order valence-corrected chi connectivity index (χ3v) is 22.6. The summed E-state index contributed by atoms with van der Waals surface area (Å²) in [5.41, 5.74) is 4.85. The lowest BCUT2D eigenvalue weighted by Gasteiger charge is -2.48. The Morgan fingerprint density at radius 1 is 0.800 bits per heavy atom. The lowest BCUT2D eigenvalue weighted by molar-refractivity contribution is 0.107. The van der Waals surface area contributed by atoms with E-state index in [1.54, 1.807) is 13.2 Å². The van der Waals surface area contributed by atoms with E-state index in [0.29, 0.717) is 28.6 Å². The van der Waals surface area contributed by atoms with Crippen molar-refractivity contribution in [1.82, 2.24) is 0 Å². The second kappa shape index (κ2) is 15.9. The average Bonchev–Trinajstić information content (AvgIpc) is 3.03. The fourth-order valence-electron chi connectivity index (χ4n) is 7.54. The minimum atomic E-state index is -2.19. The first-order chi connectivity index (χ1) is 23.3. The van der Waals surface area contributed by atoms with E-state index >= 15 is 0 Å². The normalized spacial score (nSPS) is 19.6. The van der Waals surface area contributed by atoms with Crippen LogP contribution in [0.25, 0.3) is 0 Å². The van der Waals surface area contributed by atoms with E-state index in [9.17, 15) is 4.79 Å². The van der Waals surface area contributed by atoms with Crippen LogP contribution in [-0.4, -0.2) is 38.5 Å². The summed E-state index contributed by atoms with van der Waals surface area (Å²) >= 11 is 0. The minimum absolute atomic E-state index is 0.0833. The van der Waals surface area contributed by atoms with Gasteiger partial charge in [0.2, 0.25) is 0 Å². The average molecular weight is 735 g/mol.